The minimum atomic E-state index is -0.417. The first-order valence-electron chi connectivity index (χ1n) is 9.26. The fourth-order valence-electron chi connectivity index (χ4n) is 3.87. The van der Waals surface area contributed by atoms with Crippen molar-refractivity contribution in [2.45, 2.75) is 12.5 Å². The Labute approximate surface area is 162 Å². The van der Waals surface area contributed by atoms with Crippen LogP contribution in [0, 0.1) is 0 Å². The Bertz CT molecular complexity index is 887. The third-order valence-electron chi connectivity index (χ3n) is 5.38. The summed E-state index contributed by atoms with van der Waals surface area (Å²) in [5.41, 5.74) is 0.530. The van der Waals surface area contributed by atoms with Crippen LogP contribution in [0.1, 0.15) is 17.0 Å². The van der Waals surface area contributed by atoms with E-state index in [4.69, 9.17) is 9.15 Å². The standard InChI is InChI=1S/C20H21N3O5/c1-27-15-5-2-4-14(12-15)23-18(24)13-16(19(23)25)21-7-9-22(10-8-21)20(26)17-6-3-11-28-17/h2-6,11-12,16H,7-10,13H2,1H3/p+1/t16-/m0/s1. The number of benzene rings is 1. The number of nitrogens with one attached hydrogen (secondary N) is 1. The number of quaternary nitrogens is 1. The molecular weight excluding hydrogens is 362 g/mol. The first kappa shape index (κ1) is 18.2. The van der Waals surface area contributed by atoms with E-state index in [0.717, 1.165) is 4.90 Å². The van der Waals surface area contributed by atoms with Crippen LogP contribution < -0.4 is 14.5 Å². The zero-order valence-corrected chi connectivity index (χ0v) is 15.6. The molecule has 0 aliphatic carbocycles. The van der Waals surface area contributed by atoms with Crippen molar-refractivity contribution in [2.75, 3.05) is 38.2 Å². The summed E-state index contributed by atoms with van der Waals surface area (Å²) in [5.74, 6) is 0.374. The number of ether oxygens (including phenoxy) is 1. The number of hydrogen-bond donors (Lipinski definition) is 1. The van der Waals surface area contributed by atoms with Crippen LogP contribution in [0.3, 0.4) is 0 Å². The van der Waals surface area contributed by atoms with Crippen LogP contribution in [0.5, 0.6) is 5.75 Å². The van der Waals surface area contributed by atoms with Crippen molar-refractivity contribution in [1.82, 2.24) is 4.90 Å². The lowest BCUT2D eigenvalue weighted by molar-refractivity contribution is -0.918. The minimum absolute atomic E-state index is 0.143. The number of imide groups is 1. The Morgan fingerprint density at radius 3 is 2.64 bits per heavy atom. The van der Waals surface area contributed by atoms with Gasteiger partial charge in [-0.25, -0.2) is 4.90 Å². The molecule has 4 rings (SSSR count). The van der Waals surface area contributed by atoms with Crippen LogP contribution in [0.4, 0.5) is 5.69 Å². The number of nitrogens with zero attached hydrogens (tertiary/aromatic N) is 2. The Hall–Kier alpha value is -3.13. The van der Waals surface area contributed by atoms with Crippen molar-refractivity contribution in [3.05, 3.63) is 48.4 Å². The van der Waals surface area contributed by atoms with E-state index >= 15 is 0 Å². The van der Waals surface area contributed by atoms with E-state index in [-0.39, 0.29) is 24.1 Å². The average Bonchev–Trinajstić information content (AvgIpc) is 3.36. The minimum Gasteiger partial charge on any atom is -0.497 e. The summed E-state index contributed by atoms with van der Waals surface area (Å²) >= 11 is 0. The van der Waals surface area contributed by atoms with Crippen molar-refractivity contribution in [3.8, 4) is 5.75 Å². The molecule has 2 fully saturated rings. The highest BCUT2D eigenvalue weighted by Gasteiger charge is 2.46. The quantitative estimate of drug-likeness (QED) is 0.748. The molecule has 8 nitrogen and oxygen atoms in total. The second-order valence-corrected chi connectivity index (χ2v) is 6.95. The zero-order valence-electron chi connectivity index (χ0n) is 15.6. The number of methoxy groups -OCH3 is 1. The van der Waals surface area contributed by atoms with Crippen molar-refractivity contribution in [1.29, 1.82) is 0 Å². The predicted molar refractivity (Wildman–Crippen MR) is 99.2 cm³/mol. The van der Waals surface area contributed by atoms with Crippen LogP contribution in [0.25, 0.3) is 0 Å². The van der Waals surface area contributed by atoms with E-state index in [1.807, 2.05) is 0 Å². The lowest BCUT2D eigenvalue weighted by atomic mass is 10.1. The maximum atomic E-state index is 13.0. The molecule has 0 radical (unpaired) electrons. The largest absolute Gasteiger partial charge is 0.497 e. The molecule has 2 saturated heterocycles. The molecule has 0 spiro atoms. The van der Waals surface area contributed by atoms with Gasteiger partial charge in [-0.15, -0.1) is 0 Å². The van der Waals surface area contributed by atoms with Gasteiger partial charge < -0.3 is 19.0 Å². The van der Waals surface area contributed by atoms with Gasteiger partial charge in [-0.1, -0.05) is 6.07 Å². The highest BCUT2D eigenvalue weighted by Crippen LogP contribution is 2.25. The zero-order chi connectivity index (χ0) is 19.7. The Balaban J connectivity index is 1.42. The summed E-state index contributed by atoms with van der Waals surface area (Å²) < 4.78 is 10.4. The third kappa shape index (κ3) is 3.27. The summed E-state index contributed by atoms with van der Waals surface area (Å²) in [7, 11) is 1.54. The number of carbonyl (C=O) groups is 3. The first-order valence-corrected chi connectivity index (χ1v) is 9.26. The topological polar surface area (TPSA) is 84.5 Å². The van der Waals surface area contributed by atoms with E-state index in [2.05, 4.69) is 0 Å². The molecule has 0 unspecified atom stereocenters. The van der Waals surface area contributed by atoms with Gasteiger partial charge in [0.15, 0.2) is 11.8 Å². The highest BCUT2D eigenvalue weighted by molar-refractivity contribution is 6.21. The van der Waals surface area contributed by atoms with Crippen molar-refractivity contribution >= 4 is 23.4 Å². The second kappa shape index (κ2) is 7.47. The molecule has 1 N–H and O–H groups in total. The summed E-state index contributed by atoms with van der Waals surface area (Å²) in [6.45, 7) is 2.27. The molecule has 3 heterocycles. The van der Waals surface area contributed by atoms with Crippen LogP contribution in [-0.2, 0) is 9.59 Å². The van der Waals surface area contributed by atoms with E-state index in [0.29, 0.717) is 43.4 Å². The van der Waals surface area contributed by atoms with Gasteiger partial charge in [0.05, 0.1) is 51.7 Å². The molecule has 2 aliphatic rings. The molecule has 0 bridgehead atoms. The van der Waals surface area contributed by atoms with E-state index < -0.39 is 6.04 Å². The molecule has 3 amide bonds. The van der Waals surface area contributed by atoms with E-state index in [1.54, 1.807) is 48.4 Å². The summed E-state index contributed by atoms with van der Waals surface area (Å²) in [4.78, 5) is 41.9. The fourth-order valence-corrected chi connectivity index (χ4v) is 3.87. The summed E-state index contributed by atoms with van der Waals surface area (Å²) in [6.07, 6.45) is 1.65. The van der Waals surface area contributed by atoms with Gasteiger partial charge in [0, 0.05) is 6.07 Å². The van der Waals surface area contributed by atoms with E-state index in [9.17, 15) is 14.4 Å². The normalized spacial score (nSPS) is 20.7. The number of carbonyl (C=O) groups excluding carboxylic acids is 3. The molecule has 1 aromatic heterocycles. The van der Waals surface area contributed by atoms with Gasteiger partial charge in [-0.05, 0) is 24.3 Å². The lowest BCUT2D eigenvalue weighted by Gasteiger charge is -2.34. The Morgan fingerprint density at radius 1 is 1.18 bits per heavy atom. The van der Waals surface area contributed by atoms with Crippen molar-refractivity contribution < 1.29 is 28.4 Å². The second-order valence-electron chi connectivity index (χ2n) is 6.95. The van der Waals surface area contributed by atoms with E-state index in [1.165, 1.54) is 11.2 Å². The molecular formula is C20H22N3O5+. The van der Waals surface area contributed by atoms with Gasteiger partial charge in [0.1, 0.15) is 5.75 Å². The van der Waals surface area contributed by atoms with Gasteiger partial charge in [-0.2, -0.15) is 0 Å². The third-order valence-corrected chi connectivity index (χ3v) is 5.38. The average molecular weight is 384 g/mol. The molecule has 28 heavy (non-hydrogen) atoms. The molecule has 2 aromatic rings. The molecule has 0 saturated carbocycles. The summed E-state index contributed by atoms with van der Waals surface area (Å²) in [5, 5.41) is 0. The molecule has 1 aromatic carbocycles. The van der Waals surface area contributed by atoms with Gasteiger partial charge in [0.25, 0.3) is 11.8 Å². The number of piperazine rings is 1. The number of hydrogen-bond acceptors (Lipinski definition) is 5. The van der Waals surface area contributed by atoms with Crippen LogP contribution >= 0.6 is 0 Å². The monoisotopic (exact) mass is 384 g/mol. The van der Waals surface area contributed by atoms with Crippen molar-refractivity contribution in [3.63, 3.8) is 0 Å². The van der Waals surface area contributed by atoms with Crippen molar-refractivity contribution in [2.24, 2.45) is 0 Å². The van der Waals surface area contributed by atoms with Gasteiger partial charge >= 0.3 is 0 Å². The van der Waals surface area contributed by atoms with Gasteiger partial charge in [-0.3, -0.25) is 14.4 Å². The maximum absolute atomic E-state index is 13.0. The SMILES string of the molecule is COc1cccc(N2C(=O)C[C@H]([NH+]3CCN(C(=O)c4ccco4)CC3)C2=O)c1. The van der Waals surface area contributed by atoms with Crippen LogP contribution in [0.15, 0.2) is 47.1 Å². The molecule has 8 heteroatoms. The number of amides is 3. The summed E-state index contributed by atoms with van der Waals surface area (Å²) in [6, 6.07) is 9.86. The molecule has 1 atom stereocenters. The Kier molecular flexibility index (Phi) is 4.87. The smallest absolute Gasteiger partial charge is 0.292 e. The molecule has 146 valence electrons. The fraction of sp³-hybridized carbons (Fsp3) is 0.350. The Morgan fingerprint density at radius 2 is 1.96 bits per heavy atom. The lowest BCUT2D eigenvalue weighted by Crippen LogP contribution is -3.19. The predicted octanol–water partition coefficient (Wildman–Crippen LogP) is -0.0390. The maximum Gasteiger partial charge on any atom is 0.292 e. The first-order chi connectivity index (χ1) is 13.6. The van der Waals surface area contributed by atoms with Crippen LogP contribution in [0.2, 0.25) is 0 Å². The number of furan rings is 1. The van der Waals surface area contributed by atoms with Crippen LogP contribution in [-0.4, -0.2) is 62.0 Å². The molecule has 2 aliphatic heterocycles. The number of rotatable bonds is 4. The van der Waals surface area contributed by atoms with Gasteiger partial charge in [0.2, 0.25) is 5.91 Å². The highest BCUT2D eigenvalue weighted by atomic mass is 16.5. The number of anilines is 1.